The van der Waals surface area contributed by atoms with Crippen molar-refractivity contribution in [2.75, 3.05) is 13.2 Å². The van der Waals surface area contributed by atoms with Gasteiger partial charge in [-0.3, -0.25) is 4.90 Å². The zero-order valence-corrected chi connectivity index (χ0v) is 20.3. The lowest BCUT2D eigenvalue weighted by Gasteiger charge is -2.46. The summed E-state index contributed by atoms with van der Waals surface area (Å²) >= 11 is 0. The fourth-order valence-electron chi connectivity index (χ4n) is 6.18. The molecule has 2 saturated heterocycles. The van der Waals surface area contributed by atoms with Crippen molar-refractivity contribution in [1.82, 2.24) is 4.90 Å². The highest BCUT2D eigenvalue weighted by Crippen LogP contribution is 2.45. The van der Waals surface area contributed by atoms with Crippen LogP contribution in [0.5, 0.6) is 0 Å². The zero-order chi connectivity index (χ0) is 22.0. The monoisotopic (exact) mass is 435 g/mol. The van der Waals surface area contributed by atoms with Crippen LogP contribution in [-0.4, -0.2) is 44.2 Å². The number of benzene rings is 2. The number of hydrogen-bond donors (Lipinski definition) is 0. The van der Waals surface area contributed by atoms with E-state index < -0.39 is 8.32 Å². The number of nitrogens with zero attached hydrogens (tertiary/aromatic N) is 1. The molecule has 2 aliphatic rings. The normalized spacial score (nSPS) is 24.3. The lowest BCUT2D eigenvalue weighted by molar-refractivity contribution is -0.108. The summed E-state index contributed by atoms with van der Waals surface area (Å²) in [4.78, 5) is 13.7. The highest BCUT2D eigenvalue weighted by molar-refractivity contribution is 6.99. The largest absolute Gasteiger partial charge is 0.406 e. The van der Waals surface area contributed by atoms with Crippen LogP contribution >= 0.6 is 0 Å². The SMILES string of the molecule is CC(C)(C)[Si](OC[C@@]12CCCN1[C@H](CCC=O)CC2)(c1ccccc1)c1ccccc1. The molecule has 4 heteroatoms. The summed E-state index contributed by atoms with van der Waals surface area (Å²) in [6, 6.07) is 22.4. The predicted molar refractivity (Wildman–Crippen MR) is 131 cm³/mol. The third-order valence-electron chi connectivity index (χ3n) is 7.63. The second-order valence-corrected chi connectivity index (χ2v) is 14.7. The highest BCUT2D eigenvalue weighted by Gasteiger charge is 2.54. The number of carbonyl (C=O) groups excluding carboxylic acids is 1. The van der Waals surface area contributed by atoms with Crippen molar-refractivity contribution in [2.45, 2.75) is 75.9 Å². The third-order valence-corrected chi connectivity index (χ3v) is 12.6. The number of hydrogen-bond acceptors (Lipinski definition) is 3. The molecule has 0 radical (unpaired) electrons. The Morgan fingerprint density at radius 2 is 1.65 bits per heavy atom. The Morgan fingerprint density at radius 1 is 1.03 bits per heavy atom. The maximum absolute atomic E-state index is 11.0. The van der Waals surface area contributed by atoms with Crippen LogP contribution in [0.3, 0.4) is 0 Å². The minimum Gasteiger partial charge on any atom is -0.406 e. The molecule has 31 heavy (non-hydrogen) atoms. The molecule has 0 aromatic heterocycles. The number of rotatable bonds is 8. The summed E-state index contributed by atoms with van der Waals surface area (Å²) in [5.74, 6) is 0. The fraction of sp³-hybridized carbons (Fsp3) is 0.519. The first-order chi connectivity index (χ1) is 14.9. The summed E-state index contributed by atoms with van der Waals surface area (Å²) < 4.78 is 7.34. The molecule has 2 fully saturated rings. The summed E-state index contributed by atoms with van der Waals surface area (Å²) in [5.41, 5.74) is 0.139. The van der Waals surface area contributed by atoms with Crippen molar-refractivity contribution in [3.8, 4) is 0 Å². The number of carbonyl (C=O) groups is 1. The summed E-state index contributed by atoms with van der Waals surface area (Å²) in [6.45, 7) is 8.99. The second-order valence-electron chi connectivity index (χ2n) is 10.4. The lowest BCUT2D eigenvalue weighted by Crippen LogP contribution is -2.68. The average molecular weight is 436 g/mol. The molecule has 0 unspecified atom stereocenters. The molecule has 2 heterocycles. The molecular weight excluding hydrogens is 398 g/mol. The van der Waals surface area contributed by atoms with Gasteiger partial charge in [0.15, 0.2) is 0 Å². The molecule has 2 atom stereocenters. The van der Waals surface area contributed by atoms with Gasteiger partial charge < -0.3 is 9.22 Å². The Balaban J connectivity index is 1.70. The predicted octanol–water partition coefficient (Wildman–Crippen LogP) is 4.54. The van der Waals surface area contributed by atoms with Crippen LogP contribution in [0.2, 0.25) is 5.04 Å². The van der Waals surface area contributed by atoms with Crippen molar-refractivity contribution in [1.29, 1.82) is 0 Å². The van der Waals surface area contributed by atoms with Crippen molar-refractivity contribution in [3.63, 3.8) is 0 Å². The van der Waals surface area contributed by atoms with Crippen molar-refractivity contribution >= 4 is 25.0 Å². The molecule has 2 aromatic carbocycles. The quantitative estimate of drug-likeness (QED) is 0.450. The minimum absolute atomic E-state index is 0.00526. The zero-order valence-electron chi connectivity index (χ0n) is 19.3. The Hall–Kier alpha value is -1.75. The first-order valence-corrected chi connectivity index (χ1v) is 13.8. The molecule has 0 N–H and O–H groups in total. The van der Waals surface area contributed by atoms with Crippen LogP contribution in [0, 0.1) is 0 Å². The first kappa shape index (κ1) is 22.4. The number of fused-ring (bicyclic) bond motifs is 1. The maximum Gasteiger partial charge on any atom is 0.261 e. The third kappa shape index (κ3) is 4.06. The van der Waals surface area contributed by atoms with Gasteiger partial charge >= 0.3 is 0 Å². The minimum atomic E-state index is -2.51. The number of aldehydes is 1. The van der Waals surface area contributed by atoms with Gasteiger partial charge in [-0.25, -0.2) is 0 Å². The molecule has 0 saturated carbocycles. The second kappa shape index (κ2) is 9.01. The molecule has 0 aliphatic carbocycles. The Labute approximate surface area is 188 Å². The topological polar surface area (TPSA) is 29.5 Å². The first-order valence-electron chi connectivity index (χ1n) is 11.9. The van der Waals surface area contributed by atoms with E-state index in [0.29, 0.717) is 12.5 Å². The van der Waals surface area contributed by atoms with Crippen molar-refractivity contribution in [3.05, 3.63) is 60.7 Å². The van der Waals surface area contributed by atoms with Gasteiger partial charge in [0.05, 0.1) is 6.61 Å². The van der Waals surface area contributed by atoms with Crippen LogP contribution < -0.4 is 10.4 Å². The standard InChI is InChI=1S/C27H37NO2Si/c1-26(2,3)31(24-13-6-4-7-14-24,25-15-8-5-9-16-25)30-22-27-18-11-20-28(27)23(17-19-27)12-10-21-29/h4-9,13-16,21,23H,10-12,17-20,22H2,1-3H3/t23-,27+/m1/s1. The van der Waals surface area contributed by atoms with Gasteiger partial charge in [0.25, 0.3) is 8.32 Å². The van der Waals surface area contributed by atoms with E-state index >= 15 is 0 Å². The van der Waals surface area contributed by atoms with Crippen LogP contribution in [0.4, 0.5) is 0 Å². The Morgan fingerprint density at radius 3 is 2.19 bits per heavy atom. The van der Waals surface area contributed by atoms with Gasteiger partial charge in [0.2, 0.25) is 0 Å². The van der Waals surface area contributed by atoms with E-state index in [9.17, 15) is 4.79 Å². The van der Waals surface area contributed by atoms with E-state index in [2.05, 4.69) is 86.3 Å². The van der Waals surface area contributed by atoms with Gasteiger partial charge in [0, 0.05) is 18.0 Å². The molecule has 166 valence electrons. The van der Waals surface area contributed by atoms with E-state index in [0.717, 1.165) is 25.9 Å². The average Bonchev–Trinajstić information content (AvgIpc) is 3.33. The van der Waals surface area contributed by atoms with Crippen LogP contribution in [-0.2, 0) is 9.22 Å². The molecule has 4 rings (SSSR count). The molecule has 0 spiro atoms. The molecule has 2 aromatic rings. The maximum atomic E-state index is 11.0. The molecule has 0 amide bonds. The molecular formula is C27H37NO2Si. The summed E-state index contributed by atoms with van der Waals surface area (Å²) in [7, 11) is -2.51. The molecule has 0 bridgehead atoms. The van der Waals surface area contributed by atoms with Gasteiger partial charge in [-0.15, -0.1) is 0 Å². The van der Waals surface area contributed by atoms with Crippen molar-refractivity contribution in [2.24, 2.45) is 0 Å². The molecule has 2 aliphatic heterocycles. The summed E-state index contributed by atoms with van der Waals surface area (Å²) in [6.07, 6.45) is 7.57. The Bertz CT molecular complexity index is 824. The molecule has 3 nitrogen and oxygen atoms in total. The van der Waals surface area contributed by atoms with Gasteiger partial charge in [-0.05, 0) is 54.1 Å². The van der Waals surface area contributed by atoms with Gasteiger partial charge in [-0.2, -0.15) is 0 Å². The van der Waals surface area contributed by atoms with Crippen LogP contribution in [0.1, 0.15) is 59.3 Å². The van der Waals surface area contributed by atoms with E-state index in [1.165, 1.54) is 36.1 Å². The smallest absolute Gasteiger partial charge is 0.261 e. The fourth-order valence-corrected chi connectivity index (χ4v) is 10.8. The van der Waals surface area contributed by atoms with Crippen LogP contribution in [0.15, 0.2) is 60.7 Å². The van der Waals surface area contributed by atoms with E-state index in [-0.39, 0.29) is 10.6 Å². The lowest BCUT2D eigenvalue weighted by atomic mass is 9.95. The van der Waals surface area contributed by atoms with E-state index in [1.807, 2.05) is 0 Å². The van der Waals surface area contributed by atoms with E-state index in [4.69, 9.17) is 4.43 Å². The van der Waals surface area contributed by atoms with Gasteiger partial charge in [-0.1, -0.05) is 81.4 Å². The highest BCUT2D eigenvalue weighted by atomic mass is 28.4. The van der Waals surface area contributed by atoms with Gasteiger partial charge in [0.1, 0.15) is 6.29 Å². The van der Waals surface area contributed by atoms with Crippen molar-refractivity contribution < 1.29 is 9.22 Å². The van der Waals surface area contributed by atoms with E-state index in [1.54, 1.807) is 0 Å². The Kier molecular flexibility index (Phi) is 6.52. The summed E-state index contributed by atoms with van der Waals surface area (Å²) in [5, 5.41) is 2.71. The van der Waals surface area contributed by atoms with Crippen LogP contribution in [0.25, 0.3) is 0 Å².